The Hall–Kier alpha value is -3.16. The van der Waals surface area contributed by atoms with Crippen LogP contribution in [0.1, 0.15) is 37.4 Å². The monoisotopic (exact) mass is 383 g/mol. The molecule has 1 aromatic heterocycles. The average Bonchev–Trinajstić information content (AvgIpc) is 3.25. The Kier molecular flexibility index (Phi) is 5.77. The van der Waals surface area contributed by atoms with Crippen molar-refractivity contribution in [3.05, 3.63) is 48.0 Å². The van der Waals surface area contributed by atoms with Gasteiger partial charge in [-0.3, -0.25) is 14.4 Å². The highest BCUT2D eigenvalue weighted by Crippen LogP contribution is 2.37. The molecule has 2 heterocycles. The minimum absolute atomic E-state index is 0.0483. The summed E-state index contributed by atoms with van der Waals surface area (Å²) in [6.45, 7) is 6.81. The van der Waals surface area contributed by atoms with Crippen LogP contribution in [0.25, 0.3) is 0 Å². The Balaban J connectivity index is 1.60. The molecule has 1 aliphatic rings. The number of carbonyl (C=O) groups excluding carboxylic acids is 3. The topological polar surface area (TPSA) is 96.3 Å². The zero-order chi connectivity index (χ0) is 20.3. The molecule has 3 rings (SSSR count). The van der Waals surface area contributed by atoms with Crippen molar-refractivity contribution >= 4 is 23.4 Å². The van der Waals surface area contributed by atoms with Crippen molar-refractivity contribution in [2.75, 3.05) is 11.4 Å². The summed E-state index contributed by atoms with van der Waals surface area (Å²) in [6.07, 6.45) is 5.88. The molecule has 0 saturated carbocycles. The van der Waals surface area contributed by atoms with Crippen molar-refractivity contribution in [2.24, 2.45) is 0 Å². The Bertz CT molecular complexity index is 876. The number of amides is 3. The van der Waals surface area contributed by atoms with Gasteiger partial charge in [0.1, 0.15) is 6.04 Å². The number of fused-ring (bicyclic) bond motifs is 1. The van der Waals surface area contributed by atoms with Crippen LogP contribution in [0.2, 0.25) is 0 Å². The number of imidazole rings is 1. The maximum atomic E-state index is 12.8. The van der Waals surface area contributed by atoms with Gasteiger partial charge < -0.3 is 20.1 Å². The third-order valence-electron chi connectivity index (χ3n) is 4.67. The number of benzene rings is 1. The van der Waals surface area contributed by atoms with Crippen LogP contribution in [-0.2, 0) is 20.9 Å². The second kappa shape index (κ2) is 8.24. The highest BCUT2D eigenvalue weighted by atomic mass is 16.2. The van der Waals surface area contributed by atoms with Crippen molar-refractivity contribution in [3.8, 4) is 0 Å². The van der Waals surface area contributed by atoms with Gasteiger partial charge in [-0.05, 0) is 33.3 Å². The van der Waals surface area contributed by atoms with Crippen LogP contribution >= 0.6 is 0 Å². The van der Waals surface area contributed by atoms with Gasteiger partial charge in [0.2, 0.25) is 0 Å². The van der Waals surface area contributed by atoms with Crippen molar-refractivity contribution in [2.45, 2.75) is 45.8 Å². The molecule has 28 heavy (non-hydrogen) atoms. The summed E-state index contributed by atoms with van der Waals surface area (Å²) in [5.74, 6) is -1.77. The minimum atomic E-state index is -0.846. The zero-order valence-corrected chi connectivity index (χ0v) is 16.3. The standard InChI is InChI=1S/C20H25N5O3/c1-13(2)25-16-6-5-14(3)11-15(16)17(20(25)28)23-19(27)18(26)22-7-4-9-24-10-8-21-12-24/h5-6,8,10-13,17H,4,7,9H2,1-3H3,(H,22,26)(H,23,27)/t17-/m1/s1. The fourth-order valence-electron chi connectivity index (χ4n) is 3.35. The summed E-state index contributed by atoms with van der Waals surface area (Å²) in [6, 6.07) is 4.79. The molecule has 1 aromatic carbocycles. The van der Waals surface area contributed by atoms with Crippen LogP contribution < -0.4 is 15.5 Å². The normalized spacial score (nSPS) is 15.6. The van der Waals surface area contributed by atoms with E-state index in [0.717, 1.165) is 16.8 Å². The van der Waals surface area contributed by atoms with Crippen molar-refractivity contribution in [1.82, 2.24) is 20.2 Å². The number of aromatic nitrogens is 2. The van der Waals surface area contributed by atoms with E-state index in [1.54, 1.807) is 17.4 Å². The molecule has 1 atom stereocenters. The highest BCUT2D eigenvalue weighted by molar-refractivity contribution is 6.35. The van der Waals surface area contributed by atoms with Crippen LogP contribution in [0.3, 0.4) is 0 Å². The molecular formula is C20H25N5O3. The summed E-state index contributed by atoms with van der Waals surface area (Å²) in [7, 11) is 0. The first-order valence-electron chi connectivity index (χ1n) is 9.36. The van der Waals surface area contributed by atoms with Gasteiger partial charge >= 0.3 is 11.8 Å². The summed E-state index contributed by atoms with van der Waals surface area (Å²) < 4.78 is 1.89. The van der Waals surface area contributed by atoms with Crippen LogP contribution in [0.15, 0.2) is 36.9 Å². The summed E-state index contributed by atoms with van der Waals surface area (Å²) in [5.41, 5.74) is 2.48. The first-order valence-corrected chi connectivity index (χ1v) is 9.36. The first-order chi connectivity index (χ1) is 13.4. The van der Waals surface area contributed by atoms with E-state index in [1.807, 2.05) is 49.7 Å². The lowest BCUT2D eigenvalue weighted by Crippen LogP contribution is -2.45. The average molecular weight is 383 g/mol. The third-order valence-corrected chi connectivity index (χ3v) is 4.67. The SMILES string of the molecule is Cc1ccc2c(c1)[C@@H](NC(=O)C(=O)NCCCn1ccnc1)C(=O)N2C(C)C. The molecule has 0 fully saturated rings. The van der Waals surface area contributed by atoms with Crippen LogP contribution in [0, 0.1) is 6.92 Å². The molecule has 0 unspecified atom stereocenters. The number of rotatable bonds is 6. The molecule has 0 radical (unpaired) electrons. The summed E-state index contributed by atoms with van der Waals surface area (Å²) >= 11 is 0. The van der Waals surface area contributed by atoms with E-state index in [0.29, 0.717) is 19.5 Å². The van der Waals surface area contributed by atoms with Gasteiger partial charge in [-0.15, -0.1) is 0 Å². The van der Waals surface area contributed by atoms with Crippen molar-refractivity contribution in [3.63, 3.8) is 0 Å². The number of hydrogen-bond donors (Lipinski definition) is 2. The van der Waals surface area contributed by atoms with E-state index in [2.05, 4.69) is 15.6 Å². The number of nitrogens with zero attached hydrogens (tertiary/aromatic N) is 3. The molecule has 0 saturated heterocycles. The Labute approximate surface area is 163 Å². The van der Waals surface area contributed by atoms with E-state index < -0.39 is 17.9 Å². The molecule has 0 aliphatic carbocycles. The zero-order valence-electron chi connectivity index (χ0n) is 16.3. The van der Waals surface area contributed by atoms with E-state index in [-0.39, 0.29) is 11.9 Å². The van der Waals surface area contributed by atoms with E-state index in [4.69, 9.17) is 0 Å². The Morgan fingerprint density at radius 3 is 2.71 bits per heavy atom. The van der Waals surface area contributed by atoms with E-state index >= 15 is 0 Å². The van der Waals surface area contributed by atoms with Gasteiger partial charge in [0.25, 0.3) is 5.91 Å². The predicted octanol–water partition coefficient (Wildman–Crippen LogP) is 1.31. The number of anilines is 1. The maximum Gasteiger partial charge on any atom is 0.310 e. The quantitative estimate of drug-likeness (QED) is 0.581. The molecule has 8 heteroatoms. The van der Waals surface area contributed by atoms with E-state index in [1.165, 1.54) is 0 Å². The fraction of sp³-hybridized carbons (Fsp3) is 0.400. The maximum absolute atomic E-state index is 12.8. The molecule has 148 valence electrons. The lowest BCUT2D eigenvalue weighted by atomic mass is 10.1. The van der Waals surface area contributed by atoms with Gasteiger partial charge in [0.05, 0.1) is 6.33 Å². The van der Waals surface area contributed by atoms with E-state index in [9.17, 15) is 14.4 Å². The van der Waals surface area contributed by atoms with Crippen molar-refractivity contribution < 1.29 is 14.4 Å². The Morgan fingerprint density at radius 2 is 2.04 bits per heavy atom. The second-order valence-electron chi connectivity index (χ2n) is 7.18. The lowest BCUT2D eigenvalue weighted by Gasteiger charge is -2.22. The van der Waals surface area contributed by atoms with Gasteiger partial charge in [-0.2, -0.15) is 0 Å². The molecule has 2 N–H and O–H groups in total. The lowest BCUT2D eigenvalue weighted by molar-refractivity contribution is -0.140. The summed E-state index contributed by atoms with van der Waals surface area (Å²) in [5, 5.41) is 5.19. The molecule has 3 amide bonds. The number of hydrogen-bond acceptors (Lipinski definition) is 4. The molecule has 0 spiro atoms. The Morgan fingerprint density at radius 1 is 1.25 bits per heavy atom. The van der Waals surface area contributed by atoms with Crippen molar-refractivity contribution in [1.29, 1.82) is 0 Å². The van der Waals surface area contributed by atoms with Crippen LogP contribution in [0.5, 0.6) is 0 Å². The molecule has 2 aromatic rings. The summed E-state index contributed by atoms with van der Waals surface area (Å²) in [4.78, 5) is 42.9. The third kappa shape index (κ3) is 4.05. The number of carbonyl (C=O) groups is 3. The first kappa shape index (κ1) is 19.6. The number of nitrogens with one attached hydrogen (secondary N) is 2. The molecule has 8 nitrogen and oxygen atoms in total. The molecular weight excluding hydrogens is 358 g/mol. The fourth-order valence-corrected chi connectivity index (χ4v) is 3.35. The van der Waals surface area contributed by atoms with Gasteiger partial charge in [-0.1, -0.05) is 17.7 Å². The minimum Gasteiger partial charge on any atom is -0.348 e. The van der Waals surface area contributed by atoms with Crippen LogP contribution in [0.4, 0.5) is 5.69 Å². The smallest absolute Gasteiger partial charge is 0.310 e. The van der Waals surface area contributed by atoms with Crippen LogP contribution in [-0.4, -0.2) is 39.9 Å². The van der Waals surface area contributed by atoms with Gasteiger partial charge in [-0.25, -0.2) is 4.98 Å². The number of aryl methyl sites for hydroxylation is 2. The molecule has 0 bridgehead atoms. The van der Waals surface area contributed by atoms with Gasteiger partial charge in [0, 0.05) is 42.8 Å². The predicted molar refractivity (Wildman–Crippen MR) is 105 cm³/mol. The largest absolute Gasteiger partial charge is 0.348 e. The highest BCUT2D eigenvalue weighted by Gasteiger charge is 2.40. The van der Waals surface area contributed by atoms with Gasteiger partial charge in [0.15, 0.2) is 0 Å². The molecule has 1 aliphatic heterocycles. The second-order valence-corrected chi connectivity index (χ2v) is 7.18.